The van der Waals surface area contributed by atoms with Crippen LogP contribution in [0.1, 0.15) is 0 Å². The Morgan fingerprint density at radius 3 is 1.40 bits per heavy atom. The highest BCUT2D eigenvalue weighted by Gasteiger charge is 2.11. The molecule has 0 N–H and O–H groups in total. The zero-order valence-electron chi connectivity index (χ0n) is 11.1. The lowest BCUT2D eigenvalue weighted by atomic mass is 9.98. The summed E-state index contributed by atoms with van der Waals surface area (Å²) < 4.78 is 1.48. The summed E-state index contributed by atoms with van der Waals surface area (Å²) in [6, 6.07) is 27.9. The van der Waals surface area contributed by atoms with Gasteiger partial charge in [0.2, 0.25) is 0 Å². The highest BCUT2D eigenvalue weighted by Crippen LogP contribution is 2.24. The number of hydrogen-bond donors (Lipinski definition) is 0. The highest BCUT2D eigenvalue weighted by molar-refractivity contribution is 9.23. The average molecular weight is 334 g/mol. The molecule has 0 atom stereocenters. The van der Waals surface area contributed by atoms with E-state index < -0.39 is 18.2 Å². The minimum Gasteiger partial charge on any atom is -0.296 e. The molecule has 0 nitrogen and oxygen atoms in total. The predicted molar refractivity (Wildman–Crippen MR) is 91.6 cm³/mol. The van der Waals surface area contributed by atoms with Gasteiger partial charge in [-0.15, -0.1) is 3.69 Å². The van der Waals surface area contributed by atoms with Crippen molar-refractivity contribution in [2.45, 2.75) is 0 Å². The maximum atomic E-state index is 3.79. The van der Waals surface area contributed by atoms with Gasteiger partial charge in [0, 0.05) is 0 Å². The third kappa shape index (κ3) is 2.83. The second kappa shape index (κ2) is 6.57. The molecule has 0 aliphatic carbocycles. The first-order chi connectivity index (χ1) is 9.90. The van der Waals surface area contributed by atoms with Crippen LogP contribution < -0.4 is 3.69 Å². The Labute approximate surface area is 135 Å². The molecule has 20 heavy (non-hydrogen) atoms. The van der Waals surface area contributed by atoms with E-state index in [1.807, 2.05) is 0 Å². The zero-order chi connectivity index (χ0) is 13.8. The molecule has 0 heterocycles. The minimum absolute atomic E-state index is 0.442. The molecule has 0 radical (unpaired) electrons. The van der Waals surface area contributed by atoms with Crippen LogP contribution in [0.3, 0.4) is 0 Å². The van der Waals surface area contributed by atoms with E-state index in [-0.39, 0.29) is 0 Å². The van der Waals surface area contributed by atoms with E-state index in [1.165, 1.54) is 25.9 Å². The van der Waals surface area contributed by atoms with Crippen LogP contribution in [0.5, 0.6) is 0 Å². The number of hydrogen-bond acceptors (Lipinski definition) is 0. The van der Waals surface area contributed by atoms with Crippen molar-refractivity contribution < 1.29 is 0 Å². The second-order valence-corrected chi connectivity index (χ2v) is 7.35. The molecule has 94 valence electrons. The summed E-state index contributed by atoms with van der Waals surface area (Å²) in [4.78, 5) is 0. The molecule has 0 spiro atoms. The fourth-order valence-electron chi connectivity index (χ4n) is 2.51. The fourth-order valence-corrected chi connectivity index (χ4v) is 5.25. The van der Waals surface area contributed by atoms with Gasteiger partial charge in [-0.3, -0.25) is 12.9 Å². The SMILES string of the molecule is [Br][Mg][c]1c(-c2ccccc2)cccc1-c1ccccc1. The van der Waals surface area contributed by atoms with Gasteiger partial charge in [0.05, 0.1) is 0 Å². The zero-order valence-corrected chi connectivity index (χ0v) is 14.1. The van der Waals surface area contributed by atoms with Crippen LogP contribution in [0.15, 0.2) is 78.9 Å². The molecule has 3 aromatic rings. The number of rotatable bonds is 3. The van der Waals surface area contributed by atoms with Crippen molar-refractivity contribution in [1.29, 1.82) is 0 Å². The van der Waals surface area contributed by atoms with E-state index in [2.05, 4.69) is 91.7 Å². The Morgan fingerprint density at radius 1 is 0.550 bits per heavy atom. The molecule has 0 amide bonds. The normalized spacial score (nSPS) is 10.1. The Morgan fingerprint density at radius 2 is 1.00 bits per heavy atom. The van der Waals surface area contributed by atoms with Gasteiger partial charge in [0.15, 0.2) is 0 Å². The molecular formula is C18H13BrMg. The maximum absolute atomic E-state index is 3.79. The van der Waals surface area contributed by atoms with Crippen LogP contribution in [0, 0.1) is 0 Å². The van der Waals surface area contributed by atoms with Crippen LogP contribution in [-0.4, -0.2) is 18.2 Å². The number of halogens is 1. The van der Waals surface area contributed by atoms with Crippen molar-refractivity contribution in [3.05, 3.63) is 78.9 Å². The summed E-state index contributed by atoms with van der Waals surface area (Å²) in [6.45, 7) is 0. The summed E-state index contributed by atoms with van der Waals surface area (Å²) in [5.41, 5.74) is 5.31. The lowest BCUT2D eigenvalue weighted by molar-refractivity contribution is 1.62. The molecule has 0 bridgehead atoms. The molecule has 0 saturated heterocycles. The van der Waals surface area contributed by atoms with Crippen LogP contribution in [-0.2, 0) is 0 Å². The van der Waals surface area contributed by atoms with Crippen molar-refractivity contribution in [3.8, 4) is 22.3 Å². The summed E-state index contributed by atoms with van der Waals surface area (Å²) in [6.07, 6.45) is 0. The quantitative estimate of drug-likeness (QED) is 0.612. The summed E-state index contributed by atoms with van der Waals surface area (Å²) in [7, 11) is 0. The Balaban J connectivity index is 2.19. The molecular weight excluding hydrogens is 320 g/mol. The van der Waals surface area contributed by atoms with Crippen LogP contribution in [0.25, 0.3) is 22.3 Å². The van der Waals surface area contributed by atoms with E-state index in [1.54, 1.807) is 0 Å². The highest BCUT2D eigenvalue weighted by atomic mass is 79.9. The Kier molecular flexibility index (Phi) is 4.56. The maximum Gasteiger partial charge on any atom is 0.508 e. The molecule has 2 heteroatoms. The number of benzene rings is 3. The third-order valence-electron chi connectivity index (χ3n) is 3.48. The lowest BCUT2D eigenvalue weighted by Crippen LogP contribution is -2.15. The van der Waals surface area contributed by atoms with Crippen LogP contribution in [0.4, 0.5) is 0 Å². The van der Waals surface area contributed by atoms with E-state index in [0.717, 1.165) is 0 Å². The first kappa shape index (κ1) is 13.9. The van der Waals surface area contributed by atoms with E-state index in [0.29, 0.717) is 0 Å². The van der Waals surface area contributed by atoms with Gasteiger partial charge in [0.25, 0.3) is 0 Å². The molecule has 0 aliphatic heterocycles. The molecule has 0 aliphatic rings. The average Bonchev–Trinajstić information content (AvgIpc) is 2.55. The van der Waals surface area contributed by atoms with Gasteiger partial charge in [-0.25, -0.2) is 0 Å². The van der Waals surface area contributed by atoms with Gasteiger partial charge in [-0.2, -0.15) is 0 Å². The van der Waals surface area contributed by atoms with Crippen molar-refractivity contribution >= 4 is 34.8 Å². The Hall–Kier alpha value is -1.09. The first-order valence-electron chi connectivity index (χ1n) is 6.69. The van der Waals surface area contributed by atoms with Crippen molar-refractivity contribution in [3.63, 3.8) is 0 Å². The largest absolute Gasteiger partial charge is 0.508 e. The standard InChI is InChI=1S/C18H13.BrH.Mg/c1-3-8-15(9-4-1)17-12-7-13-18(14-17)16-10-5-2-6-11-16;;/h1-13H;1H;/q;;+1/p-1. The molecule has 0 aromatic heterocycles. The topological polar surface area (TPSA) is 0 Å². The fraction of sp³-hybridized carbons (Fsp3) is 0. The molecule has 3 rings (SSSR count). The van der Waals surface area contributed by atoms with Gasteiger partial charge in [0.1, 0.15) is 0 Å². The molecule has 0 saturated carbocycles. The third-order valence-corrected chi connectivity index (χ3v) is 6.19. The van der Waals surface area contributed by atoms with Crippen molar-refractivity contribution in [1.82, 2.24) is 0 Å². The monoisotopic (exact) mass is 332 g/mol. The minimum atomic E-state index is -0.442. The lowest BCUT2D eigenvalue weighted by Gasteiger charge is -2.14. The summed E-state index contributed by atoms with van der Waals surface area (Å²) in [5, 5.41) is 0. The predicted octanol–water partition coefficient (Wildman–Crippen LogP) is 4.66. The molecule has 0 fully saturated rings. The molecule has 3 aromatic carbocycles. The van der Waals surface area contributed by atoms with Gasteiger partial charge < -0.3 is 0 Å². The summed E-state index contributed by atoms with van der Waals surface area (Å²) >= 11 is 3.35. The van der Waals surface area contributed by atoms with Gasteiger partial charge in [-0.1, -0.05) is 78.9 Å². The first-order valence-corrected chi connectivity index (χ1v) is 11.3. The van der Waals surface area contributed by atoms with Gasteiger partial charge >= 0.3 is 18.2 Å². The molecule has 0 unspecified atom stereocenters. The van der Waals surface area contributed by atoms with E-state index in [4.69, 9.17) is 0 Å². The van der Waals surface area contributed by atoms with Gasteiger partial charge in [-0.05, 0) is 22.3 Å². The second-order valence-electron chi connectivity index (χ2n) is 4.70. The van der Waals surface area contributed by atoms with Crippen molar-refractivity contribution in [2.24, 2.45) is 0 Å². The summed E-state index contributed by atoms with van der Waals surface area (Å²) in [5.74, 6) is 0. The van der Waals surface area contributed by atoms with Crippen molar-refractivity contribution in [2.75, 3.05) is 0 Å². The van der Waals surface area contributed by atoms with E-state index >= 15 is 0 Å². The van der Waals surface area contributed by atoms with Crippen LogP contribution in [0.2, 0.25) is 0 Å². The van der Waals surface area contributed by atoms with Crippen LogP contribution >= 0.6 is 12.9 Å². The van der Waals surface area contributed by atoms with E-state index in [9.17, 15) is 0 Å². The smallest absolute Gasteiger partial charge is 0.296 e. The Bertz CT molecular complexity index is 635.